The van der Waals surface area contributed by atoms with Crippen LogP contribution in [0.25, 0.3) is 0 Å². The minimum atomic E-state index is -0.638. The second-order valence-corrected chi connectivity index (χ2v) is 9.62. The van der Waals surface area contributed by atoms with E-state index in [0.717, 1.165) is 5.56 Å². The fourth-order valence-corrected chi connectivity index (χ4v) is 4.22. The molecule has 3 aromatic rings. The second kappa shape index (κ2) is 10.5. The molecule has 0 radical (unpaired) electrons. The largest absolute Gasteiger partial charge is 0.490 e. The van der Waals surface area contributed by atoms with E-state index in [2.05, 4.69) is 20.6 Å². The van der Waals surface area contributed by atoms with Gasteiger partial charge in [-0.05, 0) is 49.1 Å². The number of hydrogen-bond donors (Lipinski definition) is 2. The number of benzene rings is 2. The lowest BCUT2D eigenvalue weighted by Gasteiger charge is -2.24. The van der Waals surface area contributed by atoms with Gasteiger partial charge in [0, 0.05) is 17.7 Å². The molecule has 11 heteroatoms. The summed E-state index contributed by atoms with van der Waals surface area (Å²) in [7, 11) is 0. The molecule has 37 heavy (non-hydrogen) atoms. The number of nitrogens with one attached hydrogen (secondary N) is 2. The normalized spacial score (nSPS) is 13.0. The molecule has 1 aromatic heterocycles. The molecule has 0 spiro atoms. The van der Waals surface area contributed by atoms with E-state index in [1.807, 2.05) is 26.8 Å². The lowest BCUT2D eigenvalue weighted by molar-refractivity contribution is 0.0962. The molecule has 4 rings (SSSR count). The summed E-state index contributed by atoms with van der Waals surface area (Å²) < 4.78 is 32.3. The maximum absolute atomic E-state index is 15.3. The number of nitrogens with zero attached hydrogens (tertiary/aromatic N) is 4. The number of rotatable bonds is 10. The summed E-state index contributed by atoms with van der Waals surface area (Å²) in [4.78, 5) is 14.9. The maximum Gasteiger partial charge on any atom is 0.211 e. The lowest BCUT2D eigenvalue weighted by atomic mass is 9.85. The van der Waals surface area contributed by atoms with Gasteiger partial charge in [0.2, 0.25) is 5.82 Å². The molecule has 0 atom stereocenters. The first kappa shape index (κ1) is 26.1. The van der Waals surface area contributed by atoms with Crippen molar-refractivity contribution in [3.8, 4) is 17.2 Å². The second-order valence-electron chi connectivity index (χ2n) is 9.62. The number of Topliss-reactive ketones (excluding diaryl/α,β-unsaturated/α-hetero) is 1. The van der Waals surface area contributed by atoms with Gasteiger partial charge in [-0.3, -0.25) is 10.2 Å². The van der Waals surface area contributed by atoms with Crippen LogP contribution in [-0.2, 0) is 18.6 Å². The molecule has 10 nitrogen and oxygen atoms in total. The summed E-state index contributed by atoms with van der Waals surface area (Å²) in [6.45, 7) is 10.5. The first-order valence-electron chi connectivity index (χ1n) is 12.1. The topological polar surface area (TPSA) is 126 Å². The summed E-state index contributed by atoms with van der Waals surface area (Å²) in [5.41, 5.74) is 1.73. The van der Waals surface area contributed by atoms with Crippen LogP contribution >= 0.6 is 0 Å². The first-order chi connectivity index (χ1) is 17.6. The molecule has 0 aliphatic carbocycles. The predicted molar refractivity (Wildman–Crippen MR) is 134 cm³/mol. The number of aromatic nitrogens is 4. The smallest absolute Gasteiger partial charge is 0.211 e. The SMILES string of the molecule is CCOc1cc2c(c(F)c1OCC)C(=N)N(CC(=O)c1ccc(OCc3nn[nH]n3)c(C(C)(C)C)c1)C2. The quantitative estimate of drug-likeness (QED) is 0.392. The van der Waals surface area contributed by atoms with Crippen molar-refractivity contribution in [3.63, 3.8) is 0 Å². The van der Waals surface area contributed by atoms with Gasteiger partial charge in [0.1, 0.15) is 11.6 Å². The third-order valence-electron chi connectivity index (χ3n) is 5.96. The highest BCUT2D eigenvalue weighted by Crippen LogP contribution is 2.39. The minimum absolute atomic E-state index is 0.00717. The molecule has 2 N–H and O–H groups in total. The van der Waals surface area contributed by atoms with Crippen molar-refractivity contribution in [2.45, 2.75) is 53.2 Å². The van der Waals surface area contributed by atoms with Crippen LogP contribution in [-0.4, -0.2) is 56.9 Å². The van der Waals surface area contributed by atoms with Crippen LogP contribution < -0.4 is 14.2 Å². The van der Waals surface area contributed by atoms with Gasteiger partial charge < -0.3 is 19.1 Å². The number of aromatic amines is 1. The van der Waals surface area contributed by atoms with Gasteiger partial charge in [-0.2, -0.15) is 5.21 Å². The number of hydrogen-bond acceptors (Lipinski definition) is 8. The van der Waals surface area contributed by atoms with Crippen molar-refractivity contribution in [1.82, 2.24) is 25.5 Å². The summed E-state index contributed by atoms with van der Waals surface area (Å²) in [6, 6.07) is 6.94. The molecule has 0 saturated heterocycles. The fourth-order valence-electron chi connectivity index (χ4n) is 4.22. The Hall–Kier alpha value is -4.02. The van der Waals surface area contributed by atoms with E-state index >= 15 is 4.39 Å². The average molecular weight is 511 g/mol. The Balaban J connectivity index is 1.55. The van der Waals surface area contributed by atoms with Crippen LogP contribution in [0.5, 0.6) is 17.2 Å². The highest BCUT2D eigenvalue weighted by atomic mass is 19.1. The Morgan fingerprint density at radius 3 is 2.54 bits per heavy atom. The Morgan fingerprint density at radius 2 is 1.89 bits per heavy atom. The van der Waals surface area contributed by atoms with E-state index in [0.29, 0.717) is 35.1 Å². The standard InChI is InChI=1S/C26H31FN6O4/c1-6-35-20-11-16-12-33(25(28)22(16)23(27)24(20)36-7-2)13-18(34)15-8-9-19(17(10-15)26(3,4)5)37-14-21-29-31-32-30-21/h8-11,28H,6-7,12-14H2,1-5H3,(H,29,30,31,32). The van der Waals surface area contributed by atoms with Crippen LogP contribution in [0.3, 0.4) is 0 Å². The van der Waals surface area contributed by atoms with Gasteiger partial charge in [0.05, 0.1) is 25.3 Å². The summed E-state index contributed by atoms with van der Waals surface area (Å²) >= 11 is 0. The van der Waals surface area contributed by atoms with Crippen LogP contribution in [0.2, 0.25) is 0 Å². The van der Waals surface area contributed by atoms with Gasteiger partial charge >= 0.3 is 0 Å². The number of ketones is 1. The highest BCUT2D eigenvalue weighted by Gasteiger charge is 2.33. The van der Waals surface area contributed by atoms with Gasteiger partial charge in [-0.15, -0.1) is 10.2 Å². The Kier molecular flexibility index (Phi) is 7.42. The number of halogens is 1. The molecule has 0 fully saturated rings. The van der Waals surface area contributed by atoms with E-state index in [9.17, 15) is 4.79 Å². The number of ether oxygens (including phenoxy) is 3. The summed E-state index contributed by atoms with van der Waals surface area (Å²) in [5, 5.41) is 22.3. The minimum Gasteiger partial charge on any atom is -0.490 e. The molecule has 196 valence electrons. The van der Waals surface area contributed by atoms with E-state index < -0.39 is 5.82 Å². The van der Waals surface area contributed by atoms with Crippen molar-refractivity contribution in [1.29, 1.82) is 5.41 Å². The van der Waals surface area contributed by atoms with Crippen LogP contribution in [0.1, 0.15) is 67.5 Å². The fraction of sp³-hybridized carbons (Fsp3) is 0.423. The molecular formula is C26H31FN6O4. The zero-order valence-electron chi connectivity index (χ0n) is 21.6. The number of H-pyrrole nitrogens is 1. The zero-order valence-corrected chi connectivity index (χ0v) is 21.6. The molecule has 1 aliphatic heterocycles. The molecular weight excluding hydrogens is 479 g/mol. The third-order valence-corrected chi connectivity index (χ3v) is 5.96. The molecule has 1 aliphatic rings. The molecule has 2 heterocycles. The highest BCUT2D eigenvalue weighted by molar-refractivity contribution is 6.05. The number of carbonyl (C=O) groups is 1. The van der Waals surface area contributed by atoms with Crippen molar-refractivity contribution < 1.29 is 23.4 Å². The summed E-state index contributed by atoms with van der Waals surface area (Å²) in [5.74, 6) is 0.439. The zero-order chi connectivity index (χ0) is 26.7. The predicted octanol–water partition coefficient (Wildman–Crippen LogP) is 4.04. The van der Waals surface area contributed by atoms with E-state index in [1.54, 1.807) is 36.9 Å². The number of amidine groups is 1. The van der Waals surface area contributed by atoms with Crippen LogP contribution in [0.4, 0.5) is 4.39 Å². The first-order valence-corrected chi connectivity index (χ1v) is 12.1. The van der Waals surface area contributed by atoms with E-state index in [-0.39, 0.29) is 54.7 Å². The van der Waals surface area contributed by atoms with E-state index in [4.69, 9.17) is 19.6 Å². The van der Waals surface area contributed by atoms with E-state index in [1.165, 1.54) is 0 Å². The number of carbonyl (C=O) groups excluding carboxylic acids is 1. The van der Waals surface area contributed by atoms with Crippen LogP contribution in [0.15, 0.2) is 24.3 Å². The molecule has 0 bridgehead atoms. The number of fused-ring (bicyclic) bond motifs is 1. The van der Waals surface area contributed by atoms with Crippen molar-refractivity contribution in [3.05, 3.63) is 58.2 Å². The van der Waals surface area contributed by atoms with Gasteiger partial charge in [-0.1, -0.05) is 26.0 Å². The lowest BCUT2D eigenvalue weighted by Crippen LogP contribution is -2.30. The number of tetrazole rings is 1. The van der Waals surface area contributed by atoms with Gasteiger partial charge in [-0.25, -0.2) is 4.39 Å². The van der Waals surface area contributed by atoms with Crippen molar-refractivity contribution >= 4 is 11.6 Å². The Bertz CT molecular complexity index is 1300. The van der Waals surface area contributed by atoms with Gasteiger partial charge in [0.25, 0.3) is 0 Å². The Morgan fingerprint density at radius 1 is 1.14 bits per heavy atom. The molecule has 0 unspecified atom stereocenters. The Labute approximate surface area is 214 Å². The molecule has 0 saturated carbocycles. The van der Waals surface area contributed by atoms with Gasteiger partial charge in [0.15, 0.2) is 29.7 Å². The average Bonchev–Trinajstić information content (AvgIpc) is 3.48. The molecule has 0 amide bonds. The maximum atomic E-state index is 15.3. The van der Waals surface area contributed by atoms with Crippen molar-refractivity contribution in [2.24, 2.45) is 0 Å². The summed E-state index contributed by atoms with van der Waals surface area (Å²) in [6.07, 6.45) is 0. The molecule has 2 aromatic carbocycles. The monoisotopic (exact) mass is 510 g/mol. The van der Waals surface area contributed by atoms with Crippen LogP contribution in [0, 0.1) is 11.2 Å². The third kappa shape index (κ3) is 5.40. The van der Waals surface area contributed by atoms with Crippen molar-refractivity contribution in [2.75, 3.05) is 19.8 Å².